The van der Waals surface area contributed by atoms with Gasteiger partial charge in [-0.25, -0.2) is 0 Å². The average Bonchev–Trinajstić information content (AvgIpc) is 3.24. The van der Waals surface area contributed by atoms with Crippen LogP contribution in [0.2, 0.25) is 19.1 Å². The standard InChI is InChI=1S/C32H55NO4Si/c1-7-24(34)11-9-22(2)27-13-14-28-26-12-10-23-19-25(37-38(5,6)18-8-17-36-21-33)15-16-31(23,3)29(26)20-30(35)32(27,28)4/h22-23,25-30,35H,7-20H2,1-6H3/t22-,23-,25-,26+,27-,28+,29+,30+,31+,32-/m1/s1. The number of rotatable bonds is 11. The third-order valence-electron chi connectivity index (χ3n) is 12.3. The highest BCUT2D eigenvalue weighted by atomic mass is 28.4. The Kier molecular flexibility index (Phi) is 9.42. The number of Topliss-reactive ketones (excluding diaryl/α,β-unsaturated/α-hetero) is 1. The van der Waals surface area contributed by atoms with Crippen LogP contribution < -0.4 is 0 Å². The number of hydrogen-bond donors (Lipinski definition) is 1. The van der Waals surface area contributed by atoms with Crippen molar-refractivity contribution in [1.82, 2.24) is 0 Å². The summed E-state index contributed by atoms with van der Waals surface area (Å²) in [6.45, 7) is 14.4. The molecule has 4 aliphatic rings. The third-order valence-corrected chi connectivity index (χ3v) is 14.9. The summed E-state index contributed by atoms with van der Waals surface area (Å²) in [4.78, 5) is 12.0. The molecule has 0 saturated heterocycles. The van der Waals surface area contributed by atoms with Crippen LogP contribution in [0.25, 0.3) is 0 Å². The fourth-order valence-corrected chi connectivity index (χ4v) is 12.4. The van der Waals surface area contributed by atoms with Gasteiger partial charge in [0.2, 0.25) is 0 Å². The Morgan fingerprint density at radius 2 is 1.89 bits per heavy atom. The summed E-state index contributed by atoms with van der Waals surface area (Å²) in [5, 5.41) is 20.5. The summed E-state index contributed by atoms with van der Waals surface area (Å²) in [5.74, 6) is 4.10. The molecule has 4 fully saturated rings. The first kappa shape index (κ1) is 30.1. The van der Waals surface area contributed by atoms with E-state index >= 15 is 0 Å². The first-order valence-electron chi connectivity index (χ1n) is 15.8. The SMILES string of the molecule is CCC(=O)CC[C@@H](C)[C@H]1CC[C@H]2[C@@H]3CC[C@@H]4C[C@H](O[Si](C)(C)CCCOC#N)CC[C@]4(C)[C@H]3C[C@H](O)[C@]12C. The highest BCUT2D eigenvalue weighted by Gasteiger charge is 2.63. The van der Waals surface area contributed by atoms with Crippen LogP contribution >= 0.6 is 0 Å². The highest BCUT2D eigenvalue weighted by Crippen LogP contribution is 2.68. The van der Waals surface area contributed by atoms with Gasteiger partial charge in [0.15, 0.2) is 8.32 Å². The van der Waals surface area contributed by atoms with E-state index in [0.29, 0.717) is 66.3 Å². The van der Waals surface area contributed by atoms with E-state index in [2.05, 4.69) is 33.9 Å². The number of hydrogen-bond acceptors (Lipinski definition) is 5. The van der Waals surface area contributed by atoms with Crippen molar-refractivity contribution in [2.45, 2.75) is 136 Å². The van der Waals surface area contributed by atoms with Crippen LogP contribution in [0.3, 0.4) is 0 Å². The number of nitriles is 1. The number of carbonyl (C=O) groups is 1. The Bertz CT molecular complexity index is 872. The van der Waals surface area contributed by atoms with Crippen molar-refractivity contribution in [3.63, 3.8) is 0 Å². The van der Waals surface area contributed by atoms with E-state index in [9.17, 15) is 9.90 Å². The molecular formula is C32H55NO4Si. The van der Waals surface area contributed by atoms with E-state index < -0.39 is 8.32 Å². The molecule has 0 amide bonds. The molecule has 4 rings (SSSR count). The van der Waals surface area contributed by atoms with E-state index in [1.165, 1.54) is 38.5 Å². The normalized spacial score (nSPS) is 41.4. The topological polar surface area (TPSA) is 79.5 Å². The molecule has 10 atom stereocenters. The van der Waals surface area contributed by atoms with Crippen molar-refractivity contribution < 1.29 is 19.1 Å². The molecular weight excluding hydrogens is 490 g/mol. The molecule has 5 nitrogen and oxygen atoms in total. The maximum absolute atomic E-state index is 12.0. The molecule has 0 bridgehead atoms. The monoisotopic (exact) mass is 545 g/mol. The lowest BCUT2D eigenvalue weighted by Crippen LogP contribution is -2.59. The van der Waals surface area contributed by atoms with Crippen molar-refractivity contribution in [1.29, 1.82) is 5.26 Å². The number of ether oxygens (including phenoxy) is 1. The Morgan fingerprint density at radius 1 is 1.13 bits per heavy atom. The van der Waals surface area contributed by atoms with E-state index in [-0.39, 0.29) is 11.5 Å². The average molecular weight is 546 g/mol. The lowest BCUT2D eigenvalue weighted by molar-refractivity contribution is -0.174. The van der Waals surface area contributed by atoms with Gasteiger partial charge in [-0.1, -0.05) is 27.7 Å². The van der Waals surface area contributed by atoms with Crippen LogP contribution in [0.4, 0.5) is 0 Å². The van der Waals surface area contributed by atoms with Crippen molar-refractivity contribution >= 4 is 14.1 Å². The second-order valence-corrected chi connectivity index (χ2v) is 18.9. The van der Waals surface area contributed by atoms with Gasteiger partial charge in [-0.15, -0.1) is 0 Å². The van der Waals surface area contributed by atoms with Crippen LogP contribution in [0.15, 0.2) is 0 Å². The van der Waals surface area contributed by atoms with Gasteiger partial charge in [0.25, 0.3) is 6.26 Å². The quantitative estimate of drug-likeness (QED) is 0.165. The summed E-state index contributed by atoms with van der Waals surface area (Å²) in [6.07, 6.45) is 14.7. The summed E-state index contributed by atoms with van der Waals surface area (Å²) in [6, 6.07) is 1.04. The van der Waals surface area contributed by atoms with Gasteiger partial charge in [0.1, 0.15) is 12.4 Å². The molecule has 0 radical (unpaired) electrons. The lowest BCUT2D eigenvalue weighted by atomic mass is 9.43. The van der Waals surface area contributed by atoms with E-state index in [0.717, 1.165) is 37.6 Å². The zero-order chi connectivity index (χ0) is 27.7. The summed E-state index contributed by atoms with van der Waals surface area (Å²) in [7, 11) is -1.78. The zero-order valence-electron chi connectivity index (χ0n) is 25.1. The van der Waals surface area contributed by atoms with Gasteiger partial charge in [0, 0.05) is 18.9 Å². The predicted molar refractivity (Wildman–Crippen MR) is 154 cm³/mol. The van der Waals surface area contributed by atoms with Crippen molar-refractivity contribution in [3.05, 3.63) is 0 Å². The summed E-state index contributed by atoms with van der Waals surface area (Å²) >= 11 is 0. The molecule has 216 valence electrons. The number of nitrogens with zero attached hydrogens (tertiary/aromatic N) is 1. The minimum absolute atomic E-state index is 0.00421. The second-order valence-electron chi connectivity index (χ2n) is 14.7. The molecule has 0 unspecified atom stereocenters. The fourth-order valence-electron chi connectivity index (χ4n) is 10.1. The maximum Gasteiger partial charge on any atom is 0.286 e. The Hall–Kier alpha value is -0.903. The molecule has 0 spiro atoms. The fraction of sp³-hybridized carbons (Fsp3) is 0.938. The number of aliphatic hydroxyl groups excluding tert-OH is 1. The van der Waals surface area contributed by atoms with E-state index in [1.54, 1.807) is 6.26 Å². The van der Waals surface area contributed by atoms with Gasteiger partial charge in [-0.2, -0.15) is 5.26 Å². The number of carbonyl (C=O) groups excluding carboxylic acids is 1. The highest BCUT2D eigenvalue weighted by molar-refractivity contribution is 6.71. The minimum Gasteiger partial charge on any atom is -0.428 e. The molecule has 38 heavy (non-hydrogen) atoms. The van der Waals surface area contributed by atoms with Crippen LogP contribution in [0, 0.1) is 57.9 Å². The van der Waals surface area contributed by atoms with Crippen LogP contribution in [-0.4, -0.2) is 38.0 Å². The van der Waals surface area contributed by atoms with Crippen LogP contribution in [0.1, 0.15) is 105 Å². The van der Waals surface area contributed by atoms with Gasteiger partial charge in [-0.05, 0) is 130 Å². The van der Waals surface area contributed by atoms with Crippen LogP contribution in [0.5, 0.6) is 0 Å². The smallest absolute Gasteiger partial charge is 0.286 e. The Morgan fingerprint density at radius 3 is 2.61 bits per heavy atom. The lowest BCUT2D eigenvalue weighted by Gasteiger charge is -2.62. The molecule has 0 aromatic heterocycles. The van der Waals surface area contributed by atoms with Crippen molar-refractivity contribution in [2.75, 3.05) is 6.61 Å². The van der Waals surface area contributed by atoms with Gasteiger partial charge >= 0.3 is 0 Å². The first-order chi connectivity index (χ1) is 18.0. The summed E-state index contributed by atoms with van der Waals surface area (Å²) in [5.41, 5.74) is 0.318. The number of fused-ring (bicyclic) bond motifs is 5. The zero-order valence-corrected chi connectivity index (χ0v) is 26.1. The van der Waals surface area contributed by atoms with Gasteiger partial charge < -0.3 is 14.3 Å². The van der Waals surface area contributed by atoms with E-state index in [1.807, 2.05) is 6.92 Å². The molecule has 0 aromatic carbocycles. The van der Waals surface area contributed by atoms with Crippen molar-refractivity contribution in [3.8, 4) is 6.26 Å². The Balaban J connectivity index is 1.40. The largest absolute Gasteiger partial charge is 0.428 e. The van der Waals surface area contributed by atoms with Gasteiger partial charge in [-0.3, -0.25) is 4.79 Å². The molecule has 0 aromatic rings. The predicted octanol–water partition coefficient (Wildman–Crippen LogP) is 7.49. The molecule has 6 heteroatoms. The van der Waals surface area contributed by atoms with E-state index in [4.69, 9.17) is 14.4 Å². The molecule has 1 N–H and O–H groups in total. The molecule has 0 aliphatic heterocycles. The minimum atomic E-state index is -1.78. The summed E-state index contributed by atoms with van der Waals surface area (Å²) < 4.78 is 11.7. The number of ketones is 1. The second kappa shape index (κ2) is 11.9. The van der Waals surface area contributed by atoms with Gasteiger partial charge in [0.05, 0.1) is 6.10 Å². The maximum atomic E-state index is 12.0. The molecule has 0 heterocycles. The Labute approximate surface area is 233 Å². The first-order valence-corrected chi connectivity index (χ1v) is 19.0. The van der Waals surface area contributed by atoms with Crippen molar-refractivity contribution in [2.24, 2.45) is 46.3 Å². The molecule has 4 saturated carbocycles. The molecule has 4 aliphatic carbocycles. The third kappa shape index (κ3) is 5.77. The number of aliphatic hydroxyl groups is 1. The van der Waals surface area contributed by atoms with Crippen LogP contribution in [-0.2, 0) is 14.0 Å².